The minimum atomic E-state index is -3.77. The Morgan fingerprint density at radius 2 is 1.83 bits per heavy atom. The molecule has 6 nitrogen and oxygen atoms in total. The monoisotopic (exact) mass is 335 g/mol. The van der Waals surface area contributed by atoms with Crippen LogP contribution in [0.15, 0.2) is 53.4 Å². The summed E-state index contributed by atoms with van der Waals surface area (Å²) in [5.41, 5.74) is -0.682. The number of rotatable bonds is 5. The predicted octanol–water partition coefficient (Wildman–Crippen LogP) is 1.60. The van der Waals surface area contributed by atoms with Crippen molar-refractivity contribution in [2.75, 3.05) is 13.3 Å². The normalized spacial score (nSPS) is 16.1. The van der Waals surface area contributed by atoms with Crippen LogP contribution in [0.25, 0.3) is 0 Å². The van der Waals surface area contributed by atoms with Crippen molar-refractivity contribution >= 4 is 10.0 Å². The Balaban J connectivity index is 1.77. The first kappa shape index (κ1) is 15.8. The summed E-state index contributed by atoms with van der Waals surface area (Å²) in [7, 11) is -3.77. The quantitative estimate of drug-likeness (QED) is 0.867. The molecule has 1 aliphatic heterocycles. The van der Waals surface area contributed by atoms with Gasteiger partial charge in [0, 0.05) is 12.6 Å². The maximum Gasteiger partial charge on any atom is 0.240 e. The number of fused-ring (bicyclic) bond motifs is 1. The molecule has 0 fully saturated rings. The Morgan fingerprint density at radius 3 is 2.57 bits per heavy atom. The molecule has 0 amide bonds. The lowest BCUT2D eigenvalue weighted by atomic mass is 9.97. The van der Waals surface area contributed by atoms with E-state index in [1.165, 1.54) is 12.1 Å². The van der Waals surface area contributed by atoms with Gasteiger partial charge in [0.25, 0.3) is 0 Å². The van der Waals surface area contributed by atoms with E-state index in [0.29, 0.717) is 17.1 Å². The fourth-order valence-electron chi connectivity index (χ4n) is 2.26. The highest BCUT2D eigenvalue weighted by Crippen LogP contribution is 2.33. The van der Waals surface area contributed by atoms with Crippen LogP contribution < -0.4 is 14.2 Å². The molecule has 23 heavy (non-hydrogen) atoms. The standard InChI is InChI=1S/C16H17NO5S/c1-16(18,12-5-3-2-4-6-12)10-17-23(19,20)13-7-8-14-15(9-13)22-11-21-14/h2-9,17-18H,10-11H2,1H3. The number of hydrogen-bond donors (Lipinski definition) is 2. The highest BCUT2D eigenvalue weighted by molar-refractivity contribution is 7.89. The van der Waals surface area contributed by atoms with Crippen LogP contribution in [0.2, 0.25) is 0 Å². The molecule has 0 saturated carbocycles. The lowest BCUT2D eigenvalue weighted by molar-refractivity contribution is 0.0627. The predicted molar refractivity (Wildman–Crippen MR) is 83.8 cm³/mol. The Bertz CT molecular complexity index is 802. The molecule has 3 rings (SSSR count). The fourth-order valence-corrected chi connectivity index (χ4v) is 3.41. The van der Waals surface area contributed by atoms with Crippen molar-refractivity contribution in [1.29, 1.82) is 0 Å². The molecule has 1 atom stereocenters. The van der Waals surface area contributed by atoms with E-state index in [-0.39, 0.29) is 18.2 Å². The van der Waals surface area contributed by atoms with E-state index in [1.807, 2.05) is 6.07 Å². The van der Waals surface area contributed by atoms with Crippen LogP contribution in [0.4, 0.5) is 0 Å². The van der Waals surface area contributed by atoms with Crippen molar-refractivity contribution in [3.8, 4) is 11.5 Å². The molecular weight excluding hydrogens is 318 g/mol. The van der Waals surface area contributed by atoms with E-state index in [2.05, 4.69) is 4.72 Å². The number of benzene rings is 2. The Morgan fingerprint density at radius 1 is 1.13 bits per heavy atom. The molecule has 2 aromatic rings. The number of aliphatic hydroxyl groups is 1. The second-order valence-electron chi connectivity index (χ2n) is 5.48. The van der Waals surface area contributed by atoms with Crippen LogP contribution in [-0.4, -0.2) is 26.9 Å². The maximum atomic E-state index is 12.4. The summed E-state index contributed by atoms with van der Waals surface area (Å²) in [5.74, 6) is 0.905. The van der Waals surface area contributed by atoms with Crippen LogP contribution >= 0.6 is 0 Å². The smallest absolute Gasteiger partial charge is 0.240 e. The van der Waals surface area contributed by atoms with E-state index >= 15 is 0 Å². The zero-order valence-corrected chi connectivity index (χ0v) is 13.3. The first-order chi connectivity index (χ1) is 10.9. The average Bonchev–Trinajstić information content (AvgIpc) is 3.02. The SMILES string of the molecule is CC(O)(CNS(=O)(=O)c1ccc2c(c1)OCO2)c1ccccc1. The summed E-state index contributed by atoms with van der Waals surface area (Å²) in [6, 6.07) is 13.3. The molecule has 1 unspecified atom stereocenters. The van der Waals surface area contributed by atoms with Gasteiger partial charge in [-0.05, 0) is 24.6 Å². The molecular formula is C16H17NO5S. The first-order valence-corrected chi connectivity index (χ1v) is 8.54. The van der Waals surface area contributed by atoms with Crippen molar-refractivity contribution in [1.82, 2.24) is 4.72 Å². The van der Waals surface area contributed by atoms with Crippen molar-refractivity contribution < 1.29 is 23.0 Å². The van der Waals surface area contributed by atoms with Crippen molar-refractivity contribution in [2.45, 2.75) is 17.4 Å². The second kappa shape index (κ2) is 5.84. The highest BCUT2D eigenvalue weighted by atomic mass is 32.2. The number of sulfonamides is 1. The summed E-state index contributed by atoms with van der Waals surface area (Å²) in [6.45, 7) is 1.49. The zero-order valence-electron chi connectivity index (χ0n) is 12.5. The molecule has 1 aliphatic rings. The van der Waals surface area contributed by atoms with Gasteiger partial charge in [-0.15, -0.1) is 0 Å². The molecule has 1 heterocycles. The third kappa shape index (κ3) is 3.31. The molecule has 0 spiro atoms. The van der Waals surface area contributed by atoms with Gasteiger partial charge >= 0.3 is 0 Å². The molecule has 0 radical (unpaired) electrons. The molecule has 122 valence electrons. The minimum Gasteiger partial charge on any atom is -0.454 e. The number of hydrogen-bond acceptors (Lipinski definition) is 5. The molecule has 0 aromatic heterocycles. The van der Waals surface area contributed by atoms with Gasteiger partial charge in [-0.1, -0.05) is 30.3 Å². The van der Waals surface area contributed by atoms with Crippen molar-refractivity contribution in [2.24, 2.45) is 0 Å². The average molecular weight is 335 g/mol. The van der Waals surface area contributed by atoms with Crippen LogP contribution in [0, 0.1) is 0 Å². The minimum absolute atomic E-state index is 0.0608. The number of nitrogens with one attached hydrogen (secondary N) is 1. The van der Waals surface area contributed by atoms with Crippen molar-refractivity contribution in [3.63, 3.8) is 0 Å². The summed E-state index contributed by atoms with van der Waals surface area (Å²) in [6.07, 6.45) is 0. The van der Waals surface area contributed by atoms with Crippen LogP contribution in [-0.2, 0) is 15.6 Å². The first-order valence-electron chi connectivity index (χ1n) is 7.06. The van der Waals surface area contributed by atoms with E-state index in [4.69, 9.17) is 9.47 Å². The van der Waals surface area contributed by atoms with Crippen molar-refractivity contribution in [3.05, 3.63) is 54.1 Å². The Labute approximate surface area is 134 Å². The third-order valence-electron chi connectivity index (χ3n) is 3.66. The lowest BCUT2D eigenvalue weighted by Crippen LogP contribution is -2.38. The van der Waals surface area contributed by atoms with E-state index in [9.17, 15) is 13.5 Å². The van der Waals surface area contributed by atoms with Crippen LogP contribution in [0.5, 0.6) is 11.5 Å². The van der Waals surface area contributed by atoms with Gasteiger partial charge in [-0.2, -0.15) is 0 Å². The van der Waals surface area contributed by atoms with Gasteiger partial charge in [0.05, 0.1) is 4.90 Å². The Kier molecular flexibility index (Phi) is 4.01. The maximum absolute atomic E-state index is 12.4. The molecule has 2 N–H and O–H groups in total. The van der Waals surface area contributed by atoms with Gasteiger partial charge in [-0.25, -0.2) is 13.1 Å². The molecule has 0 aliphatic carbocycles. The van der Waals surface area contributed by atoms with Gasteiger partial charge < -0.3 is 14.6 Å². The van der Waals surface area contributed by atoms with E-state index in [1.54, 1.807) is 37.3 Å². The van der Waals surface area contributed by atoms with Gasteiger partial charge in [0.2, 0.25) is 16.8 Å². The number of ether oxygens (including phenoxy) is 2. The molecule has 7 heteroatoms. The molecule has 0 saturated heterocycles. The fraction of sp³-hybridized carbons (Fsp3) is 0.250. The topological polar surface area (TPSA) is 84.9 Å². The summed E-state index contributed by atoms with van der Waals surface area (Å²) in [5, 5.41) is 10.5. The zero-order chi connectivity index (χ0) is 16.5. The van der Waals surface area contributed by atoms with Gasteiger partial charge in [0.1, 0.15) is 5.60 Å². The van der Waals surface area contributed by atoms with Gasteiger partial charge in [-0.3, -0.25) is 0 Å². The summed E-state index contributed by atoms with van der Waals surface area (Å²) >= 11 is 0. The summed E-state index contributed by atoms with van der Waals surface area (Å²) in [4.78, 5) is 0.0608. The highest BCUT2D eigenvalue weighted by Gasteiger charge is 2.27. The molecule has 0 bridgehead atoms. The largest absolute Gasteiger partial charge is 0.454 e. The van der Waals surface area contributed by atoms with E-state index in [0.717, 1.165) is 0 Å². The van der Waals surface area contributed by atoms with Gasteiger partial charge in [0.15, 0.2) is 11.5 Å². The Hall–Kier alpha value is -2.09. The third-order valence-corrected chi connectivity index (χ3v) is 5.06. The lowest BCUT2D eigenvalue weighted by Gasteiger charge is -2.24. The second-order valence-corrected chi connectivity index (χ2v) is 7.25. The van der Waals surface area contributed by atoms with Crippen LogP contribution in [0.1, 0.15) is 12.5 Å². The van der Waals surface area contributed by atoms with Crippen LogP contribution in [0.3, 0.4) is 0 Å². The molecule has 2 aromatic carbocycles. The van der Waals surface area contributed by atoms with E-state index < -0.39 is 15.6 Å². The summed E-state index contributed by atoms with van der Waals surface area (Å²) < 4.78 is 37.6.